The van der Waals surface area contributed by atoms with Crippen molar-refractivity contribution in [2.24, 2.45) is 0 Å². The van der Waals surface area contributed by atoms with Gasteiger partial charge in [-0.15, -0.1) is 0 Å². The van der Waals surface area contributed by atoms with Crippen LogP contribution >= 0.6 is 11.6 Å². The van der Waals surface area contributed by atoms with Gasteiger partial charge in [-0.2, -0.15) is 13.2 Å². The lowest BCUT2D eigenvalue weighted by atomic mass is 10.1. The van der Waals surface area contributed by atoms with Crippen molar-refractivity contribution in [2.45, 2.75) is 12.7 Å². The number of nitro benzene ring substituents is 1. The molecule has 0 fully saturated rings. The van der Waals surface area contributed by atoms with Gasteiger partial charge in [-0.3, -0.25) is 10.1 Å². The first-order chi connectivity index (χ1) is 10.3. The summed E-state index contributed by atoms with van der Waals surface area (Å²) in [6, 6.07) is 9.14. The van der Waals surface area contributed by atoms with Crippen molar-refractivity contribution in [1.29, 1.82) is 0 Å². The molecule has 0 amide bonds. The minimum Gasteiger partial charge on any atom is -0.375 e. The van der Waals surface area contributed by atoms with Crippen LogP contribution < -0.4 is 5.32 Å². The van der Waals surface area contributed by atoms with Crippen molar-refractivity contribution >= 4 is 23.0 Å². The fourth-order valence-electron chi connectivity index (χ4n) is 1.85. The summed E-state index contributed by atoms with van der Waals surface area (Å²) in [7, 11) is 0. The summed E-state index contributed by atoms with van der Waals surface area (Å²) in [5, 5.41) is 14.2. The van der Waals surface area contributed by atoms with E-state index in [0.717, 1.165) is 17.7 Å². The number of nitrogens with one attached hydrogen (secondary N) is 1. The molecule has 2 aromatic carbocycles. The molecule has 2 rings (SSSR count). The van der Waals surface area contributed by atoms with Gasteiger partial charge in [0.1, 0.15) is 5.69 Å². The molecule has 0 aliphatic heterocycles. The van der Waals surface area contributed by atoms with E-state index in [9.17, 15) is 23.3 Å². The van der Waals surface area contributed by atoms with Crippen LogP contribution in [0.3, 0.4) is 0 Å². The van der Waals surface area contributed by atoms with Gasteiger partial charge in [0, 0.05) is 17.6 Å². The maximum absolute atomic E-state index is 12.6. The fraction of sp³-hybridized carbons (Fsp3) is 0.143. The summed E-state index contributed by atoms with van der Waals surface area (Å²) in [5.41, 5.74) is -0.927. The Morgan fingerprint density at radius 1 is 1.18 bits per heavy atom. The maximum atomic E-state index is 12.6. The Labute approximate surface area is 128 Å². The lowest BCUT2D eigenvalue weighted by Gasteiger charge is -2.10. The minimum atomic E-state index is -4.63. The third-order valence-electron chi connectivity index (χ3n) is 2.89. The Hall–Kier alpha value is -2.28. The second-order valence-corrected chi connectivity index (χ2v) is 4.91. The maximum Gasteiger partial charge on any atom is 0.416 e. The van der Waals surface area contributed by atoms with Crippen LogP contribution in [0.15, 0.2) is 42.5 Å². The first-order valence-corrected chi connectivity index (χ1v) is 6.49. The van der Waals surface area contributed by atoms with E-state index in [0.29, 0.717) is 11.1 Å². The van der Waals surface area contributed by atoms with Crippen molar-refractivity contribution in [2.75, 3.05) is 5.32 Å². The zero-order chi connectivity index (χ0) is 16.3. The number of halogens is 4. The average molecular weight is 331 g/mol. The molecule has 2 aromatic rings. The van der Waals surface area contributed by atoms with Gasteiger partial charge in [-0.05, 0) is 29.8 Å². The van der Waals surface area contributed by atoms with E-state index in [1.54, 1.807) is 24.3 Å². The number of hydrogen-bond donors (Lipinski definition) is 1. The molecule has 0 spiro atoms. The highest BCUT2D eigenvalue weighted by Gasteiger charge is 2.32. The van der Waals surface area contributed by atoms with Crippen molar-refractivity contribution in [1.82, 2.24) is 0 Å². The predicted molar refractivity (Wildman–Crippen MR) is 76.9 cm³/mol. The molecule has 0 unspecified atom stereocenters. The van der Waals surface area contributed by atoms with Gasteiger partial charge in [0.05, 0.1) is 10.5 Å². The Balaban J connectivity index is 2.25. The highest BCUT2D eigenvalue weighted by Crippen LogP contribution is 2.35. The Morgan fingerprint density at radius 3 is 2.50 bits per heavy atom. The van der Waals surface area contributed by atoms with E-state index in [-0.39, 0.29) is 12.2 Å². The highest BCUT2D eigenvalue weighted by atomic mass is 35.5. The van der Waals surface area contributed by atoms with E-state index >= 15 is 0 Å². The molecule has 0 saturated heterocycles. The van der Waals surface area contributed by atoms with Crippen LogP contribution in [0.2, 0.25) is 5.02 Å². The number of rotatable bonds is 4. The first kappa shape index (κ1) is 16.1. The third kappa shape index (κ3) is 3.88. The molecule has 0 aliphatic carbocycles. The molecule has 0 aliphatic rings. The van der Waals surface area contributed by atoms with E-state index in [1.165, 1.54) is 0 Å². The molecule has 1 N–H and O–H groups in total. The summed E-state index contributed by atoms with van der Waals surface area (Å²) in [5.74, 6) is 0. The van der Waals surface area contributed by atoms with Crippen LogP contribution in [0, 0.1) is 10.1 Å². The third-order valence-corrected chi connectivity index (χ3v) is 3.13. The number of hydrogen-bond acceptors (Lipinski definition) is 3. The highest BCUT2D eigenvalue weighted by molar-refractivity contribution is 6.30. The standard InChI is InChI=1S/C14H10ClF3N2O2/c15-11-3-1-2-9(6-11)8-19-12-5-4-10(14(16,17)18)7-13(12)20(21)22/h1-7,19H,8H2. The Bertz CT molecular complexity index is 705. The van der Waals surface area contributed by atoms with Gasteiger partial charge < -0.3 is 5.32 Å². The SMILES string of the molecule is O=[N+]([O-])c1cc(C(F)(F)F)ccc1NCc1cccc(Cl)c1. The Kier molecular flexibility index (Phi) is 4.56. The van der Waals surface area contributed by atoms with Gasteiger partial charge in [0.2, 0.25) is 0 Å². The van der Waals surface area contributed by atoms with Crippen LogP contribution in [0.5, 0.6) is 0 Å². The van der Waals surface area contributed by atoms with Crippen molar-refractivity contribution in [3.63, 3.8) is 0 Å². The molecule has 0 bridgehead atoms. The summed E-state index contributed by atoms with van der Waals surface area (Å²) in [6.07, 6.45) is -4.63. The van der Waals surface area contributed by atoms with Crippen LogP contribution in [-0.2, 0) is 12.7 Å². The number of alkyl halides is 3. The smallest absolute Gasteiger partial charge is 0.375 e. The first-order valence-electron chi connectivity index (χ1n) is 6.11. The van der Waals surface area contributed by atoms with Crippen LogP contribution in [0.1, 0.15) is 11.1 Å². The lowest BCUT2D eigenvalue weighted by Crippen LogP contribution is -2.08. The normalized spacial score (nSPS) is 11.3. The molecule has 0 saturated carbocycles. The van der Waals surface area contributed by atoms with Crippen LogP contribution in [0.25, 0.3) is 0 Å². The van der Waals surface area contributed by atoms with E-state index in [4.69, 9.17) is 11.6 Å². The van der Waals surface area contributed by atoms with Crippen LogP contribution in [0.4, 0.5) is 24.5 Å². The van der Waals surface area contributed by atoms with Gasteiger partial charge in [-0.1, -0.05) is 23.7 Å². The molecule has 0 radical (unpaired) electrons. The minimum absolute atomic E-state index is 0.0120. The summed E-state index contributed by atoms with van der Waals surface area (Å²) < 4.78 is 37.8. The van der Waals surface area contributed by atoms with Crippen molar-refractivity contribution < 1.29 is 18.1 Å². The zero-order valence-electron chi connectivity index (χ0n) is 11.0. The van der Waals surface area contributed by atoms with Crippen molar-refractivity contribution in [3.05, 3.63) is 68.7 Å². The van der Waals surface area contributed by atoms with E-state index in [2.05, 4.69) is 5.32 Å². The molecular formula is C14H10ClF3N2O2. The van der Waals surface area contributed by atoms with Crippen molar-refractivity contribution in [3.8, 4) is 0 Å². The average Bonchev–Trinajstić information content (AvgIpc) is 2.44. The lowest BCUT2D eigenvalue weighted by molar-refractivity contribution is -0.384. The molecular weight excluding hydrogens is 321 g/mol. The predicted octanol–water partition coefficient (Wildman–Crippen LogP) is 4.88. The largest absolute Gasteiger partial charge is 0.416 e. The number of benzene rings is 2. The molecule has 22 heavy (non-hydrogen) atoms. The topological polar surface area (TPSA) is 55.2 Å². The second kappa shape index (κ2) is 6.23. The molecule has 8 heteroatoms. The van der Waals surface area contributed by atoms with Gasteiger partial charge in [0.25, 0.3) is 5.69 Å². The van der Waals surface area contributed by atoms with Gasteiger partial charge in [0.15, 0.2) is 0 Å². The molecule has 0 heterocycles. The molecule has 0 aromatic heterocycles. The van der Waals surface area contributed by atoms with E-state index < -0.39 is 22.4 Å². The fourth-order valence-corrected chi connectivity index (χ4v) is 2.07. The molecule has 116 valence electrons. The van der Waals surface area contributed by atoms with Gasteiger partial charge >= 0.3 is 6.18 Å². The molecule has 0 atom stereocenters. The van der Waals surface area contributed by atoms with Crippen LogP contribution in [-0.4, -0.2) is 4.92 Å². The summed E-state index contributed by atoms with van der Waals surface area (Å²) >= 11 is 5.82. The Morgan fingerprint density at radius 2 is 1.91 bits per heavy atom. The zero-order valence-corrected chi connectivity index (χ0v) is 11.8. The second-order valence-electron chi connectivity index (χ2n) is 4.47. The van der Waals surface area contributed by atoms with Gasteiger partial charge in [-0.25, -0.2) is 0 Å². The quantitative estimate of drug-likeness (QED) is 0.642. The number of nitro groups is 1. The summed E-state index contributed by atoms with van der Waals surface area (Å²) in [6.45, 7) is 0.201. The number of anilines is 1. The van der Waals surface area contributed by atoms with E-state index in [1.807, 2.05) is 0 Å². The summed E-state index contributed by atoms with van der Waals surface area (Å²) in [4.78, 5) is 10.1. The monoisotopic (exact) mass is 330 g/mol. The number of nitrogens with zero attached hydrogens (tertiary/aromatic N) is 1. The molecule has 4 nitrogen and oxygen atoms in total.